The van der Waals surface area contributed by atoms with Crippen LogP contribution >= 0.6 is 0 Å². The Morgan fingerprint density at radius 3 is 2.86 bits per heavy atom. The van der Waals surface area contributed by atoms with E-state index in [1.54, 1.807) is 0 Å². The highest BCUT2D eigenvalue weighted by Crippen LogP contribution is 2.02. The van der Waals surface area contributed by atoms with Gasteiger partial charge in [0.2, 0.25) is 0 Å². The molecule has 0 radical (unpaired) electrons. The quantitative estimate of drug-likeness (QED) is 0.567. The fourth-order valence-electron chi connectivity index (χ4n) is 1.40. The molecule has 0 saturated carbocycles. The Balaban J connectivity index is 2.31. The van der Waals surface area contributed by atoms with Crippen LogP contribution in [0.1, 0.15) is 25.0 Å². The molecule has 0 spiro atoms. The molecule has 3 nitrogen and oxygen atoms in total. The fourth-order valence-corrected chi connectivity index (χ4v) is 1.40. The van der Waals surface area contributed by atoms with Gasteiger partial charge in [-0.3, -0.25) is 4.79 Å². The second-order valence-corrected chi connectivity index (χ2v) is 3.40. The Morgan fingerprint density at radius 2 is 2.21 bits per heavy atom. The van der Waals surface area contributed by atoms with Crippen molar-refractivity contribution < 1.29 is 14.5 Å². The maximum atomic E-state index is 10.3. The predicted octanol–water partition coefficient (Wildman–Crippen LogP) is 1.31. The molecule has 0 amide bonds. The van der Waals surface area contributed by atoms with Crippen LogP contribution in [0.25, 0.3) is 0 Å². The maximum Gasteiger partial charge on any atom is 0.303 e. The average molecular weight is 194 g/mol. The molecule has 14 heavy (non-hydrogen) atoms. The number of aromatic nitrogens is 1. The summed E-state index contributed by atoms with van der Waals surface area (Å²) in [5, 5.41) is 8.46. The van der Waals surface area contributed by atoms with Crippen LogP contribution in [0.15, 0.2) is 24.4 Å². The number of carboxylic acids is 1. The zero-order valence-corrected chi connectivity index (χ0v) is 8.44. The third kappa shape index (κ3) is 3.56. The SMILES string of the molecule is C[n+]1ccccc1CCCCC(=O)O. The molecule has 0 unspecified atom stereocenters. The van der Waals surface area contributed by atoms with Crippen molar-refractivity contribution in [3.05, 3.63) is 30.1 Å². The van der Waals surface area contributed by atoms with Crippen LogP contribution in [0.4, 0.5) is 0 Å². The van der Waals surface area contributed by atoms with Crippen molar-refractivity contribution in [3.8, 4) is 0 Å². The lowest BCUT2D eigenvalue weighted by atomic mass is 10.1. The van der Waals surface area contributed by atoms with Crippen LogP contribution in [0, 0.1) is 0 Å². The van der Waals surface area contributed by atoms with E-state index in [9.17, 15) is 4.79 Å². The maximum absolute atomic E-state index is 10.3. The van der Waals surface area contributed by atoms with Gasteiger partial charge in [-0.25, -0.2) is 4.57 Å². The minimum absolute atomic E-state index is 0.274. The minimum atomic E-state index is -0.706. The molecule has 76 valence electrons. The molecule has 0 saturated heterocycles. The number of carboxylic acid groups (broad SMARTS) is 1. The largest absolute Gasteiger partial charge is 0.481 e. The highest BCUT2D eigenvalue weighted by molar-refractivity contribution is 5.66. The van der Waals surface area contributed by atoms with Gasteiger partial charge < -0.3 is 5.11 Å². The van der Waals surface area contributed by atoms with Crippen molar-refractivity contribution in [2.45, 2.75) is 25.7 Å². The number of rotatable bonds is 5. The molecule has 0 fully saturated rings. The van der Waals surface area contributed by atoms with Crippen LogP contribution in [-0.2, 0) is 18.3 Å². The van der Waals surface area contributed by atoms with Gasteiger partial charge in [0.25, 0.3) is 0 Å². The zero-order valence-electron chi connectivity index (χ0n) is 8.44. The van der Waals surface area contributed by atoms with E-state index in [0.717, 1.165) is 19.3 Å². The lowest BCUT2D eigenvalue weighted by molar-refractivity contribution is -0.679. The number of unbranched alkanes of at least 4 members (excludes halogenated alkanes) is 1. The number of carbonyl (C=O) groups is 1. The topological polar surface area (TPSA) is 41.2 Å². The first-order valence-corrected chi connectivity index (χ1v) is 4.85. The first-order valence-electron chi connectivity index (χ1n) is 4.85. The van der Waals surface area contributed by atoms with E-state index in [2.05, 4.69) is 10.6 Å². The Morgan fingerprint density at radius 1 is 1.43 bits per heavy atom. The highest BCUT2D eigenvalue weighted by Gasteiger charge is 2.04. The summed E-state index contributed by atoms with van der Waals surface area (Å²) in [6, 6.07) is 6.06. The molecule has 1 N–H and O–H groups in total. The summed E-state index contributed by atoms with van der Waals surface area (Å²) >= 11 is 0. The number of aliphatic carboxylic acids is 1. The van der Waals surface area contributed by atoms with E-state index in [1.165, 1.54) is 5.69 Å². The van der Waals surface area contributed by atoms with Crippen molar-refractivity contribution in [2.75, 3.05) is 0 Å². The molecule has 1 rings (SSSR count). The first-order chi connectivity index (χ1) is 6.70. The lowest BCUT2D eigenvalue weighted by Gasteiger charge is -1.98. The summed E-state index contributed by atoms with van der Waals surface area (Å²) in [6.07, 6.45) is 4.92. The molecule has 1 aromatic heterocycles. The highest BCUT2D eigenvalue weighted by atomic mass is 16.4. The van der Waals surface area contributed by atoms with Crippen LogP contribution in [-0.4, -0.2) is 11.1 Å². The minimum Gasteiger partial charge on any atom is -0.481 e. The predicted molar refractivity (Wildman–Crippen MR) is 52.8 cm³/mol. The van der Waals surface area contributed by atoms with E-state index in [-0.39, 0.29) is 6.42 Å². The number of hydrogen-bond acceptors (Lipinski definition) is 1. The Labute approximate surface area is 84.0 Å². The van der Waals surface area contributed by atoms with E-state index in [1.807, 2.05) is 25.4 Å². The zero-order chi connectivity index (χ0) is 10.4. The number of pyridine rings is 1. The van der Waals surface area contributed by atoms with Crippen LogP contribution in [0.2, 0.25) is 0 Å². The third-order valence-corrected chi connectivity index (χ3v) is 2.24. The molecule has 0 aromatic carbocycles. The van der Waals surface area contributed by atoms with Crippen LogP contribution in [0.3, 0.4) is 0 Å². The number of nitrogens with zero attached hydrogens (tertiary/aromatic N) is 1. The summed E-state index contributed by atoms with van der Waals surface area (Å²) in [6.45, 7) is 0. The molecule has 0 aliphatic carbocycles. The summed E-state index contributed by atoms with van der Waals surface area (Å²) < 4.78 is 2.07. The van der Waals surface area contributed by atoms with Crippen molar-refractivity contribution in [3.63, 3.8) is 0 Å². The molecule has 1 aromatic rings. The molecule has 1 heterocycles. The molecule has 0 aliphatic rings. The van der Waals surface area contributed by atoms with Crippen LogP contribution in [0.5, 0.6) is 0 Å². The Hall–Kier alpha value is -1.38. The first kappa shape index (κ1) is 10.7. The third-order valence-electron chi connectivity index (χ3n) is 2.24. The van der Waals surface area contributed by atoms with Crippen molar-refractivity contribution in [1.82, 2.24) is 0 Å². The molecular weight excluding hydrogens is 178 g/mol. The van der Waals surface area contributed by atoms with E-state index in [4.69, 9.17) is 5.11 Å². The van der Waals surface area contributed by atoms with Gasteiger partial charge in [0.05, 0.1) is 0 Å². The number of aryl methyl sites for hydroxylation is 2. The standard InChI is InChI=1S/C11H15NO2/c1-12-9-5-4-7-10(12)6-2-3-8-11(13)14/h4-5,7,9H,2-3,6,8H2,1H3/p+1. The molecule has 0 atom stereocenters. The van der Waals surface area contributed by atoms with E-state index < -0.39 is 5.97 Å². The van der Waals surface area contributed by atoms with Gasteiger partial charge in [0, 0.05) is 25.0 Å². The monoisotopic (exact) mass is 194 g/mol. The van der Waals surface area contributed by atoms with Gasteiger partial charge in [-0.2, -0.15) is 0 Å². The number of hydrogen-bond donors (Lipinski definition) is 1. The van der Waals surface area contributed by atoms with Crippen molar-refractivity contribution in [2.24, 2.45) is 7.05 Å². The summed E-state index contributed by atoms with van der Waals surface area (Å²) in [5.74, 6) is -0.706. The molecule has 0 aliphatic heterocycles. The van der Waals surface area contributed by atoms with Crippen molar-refractivity contribution >= 4 is 5.97 Å². The average Bonchev–Trinajstić information content (AvgIpc) is 2.15. The van der Waals surface area contributed by atoms with Gasteiger partial charge in [0.1, 0.15) is 7.05 Å². The molecule has 0 bridgehead atoms. The molecule has 3 heteroatoms. The molecular formula is C11H16NO2+. The summed E-state index contributed by atoms with van der Waals surface area (Å²) in [5.41, 5.74) is 1.25. The second-order valence-electron chi connectivity index (χ2n) is 3.40. The van der Waals surface area contributed by atoms with Gasteiger partial charge >= 0.3 is 5.97 Å². The van der Waals surface area contributed by atoms with Gasteiger partial charge in [-0.05, 0) is 12.8 Å². The second kappa shape index (κ2) is 5.37. The van der Waals surface area contributed by atoms with E-state index in [0.29, 0.717) is 0 Å². The fraction of sp³-hybridized carbons (Fsp3) is 0.455. The smallest absolute Gasteiger partial charge is 0.303 e. The van der Waals surface area contributed by atoms with Gasteiger partial charge in [-0.15, -0.1) is 0 Å². The Bertz CT molecular complexity index is 310. The Kier molecular flexibility index (Phi) is 4.11. The van der Waals surface area contributed by atoms with E-state index >= 15 is 0 Å². The van der Waals surface area contributed by atoms with Gasteiger partial charge in [-0.1, -0.05) is 6.07 Å². The van der Waals surface area contributed by atoms with Crippen molar-refractivity contribution in [1.29, 1.82) is 0 Å². The summed E-state index contributed by atoms with van der Waals surface area (Å²) in [4.78, 5) is 10.3. The lowest BCUT2D eigenvalue weighted by Crippen LogP contribution is -2.32. The van der Waals surface area contributed by atoms with Gasteiger partial charge in [0.15, 0.2) is 11.9 Å². The summed E-state index contributed by atoms with van der Waals surface area (Å²) in [7, 11) is 2.01. The van der Waals surface area contributed by atoms with Crippen LogP contribution < -0.4 is 4.57 Å². The normalized spacial score (nSPS) is 10.1.